The van der Waals surface area contributed by atoms with E-state index in [2.05, 4.69) is 25.3 Å². The fraction of sp³-hybridized carbons (Fsp3) is 0.273. The molecule has 0 aliphatic carbocycles. The number of nitrogens with zero attached hydrogens (tertiary/aromatic N) is 5. The molecule has 1 aliphatic heterocycles. The maximum atomic E-state index is 12.9. The maximum Gasteiger partial charge on any atom is 0.289 e. The second kappa shape index (κ2) is 8.10. The van der Waals surface area contributed by atoms with Crippen molar-refractivity contribution in [3.63, 3.8) is 0 Å². The van der Waals surface area contributed by atoms with Gasteiger partial charge >= 0.3 is 0 Å². The molecule has 1 aliphatic rings. The van der Waals surface area contributed by atoms with Crippen LogP contribution in [0.1, 0.15) is 27.3 Å². The van der Waals surface area contributed by atoms with E-state index in [4.69, 9.17) is 4.74 Å². The molecule has 2 amide bonds. The Labute approximate surface area is 179 Å². The fourth-order valence-corrected chi connectivity index (χ4v) is 3.22. The lowest BCUT2D eigenvalue weighted by molar-refractivity contribution is -0.120. The number of aromatic nitrogens is 4. The molecule has 0 bridgehead atoms. The molecule has 0 unspecified atom stereocenters. The average molecular weight is 418 g/mol. The summed E-state index contributed by atoms with van der Waals surface area (Å²) in [6, 6.07) is 4.67. The van der Waals surface area contributed by atoms with Gasteiger partial charge in [-0.05, 0) is 49.6 Å². The first-order valence-corrected chi connectivity index (χ1v) is 9.78. The molecule has 9 nitrogen and oxygen atoms in total. The number of pyridine rings is 2. The third-order valence-corrected chi connectivity index (χ3v) is 4.96. The number of anilines is 1. The standard InChI is InChI=1S/C22H22N6O3/c1-12-5-6-15(23-8-12)18-14(3)10-24-19(27-18)21(29)26-16-11-31-17-7-13(2)9-25-20(17)28(4)22(16)30/h5-10,16H,11H2,1-4H3,(H,26,29)/t16-/m0/s1. The molecule has 9 heteroatoms. The van der Waals surface area contributed by atoms with Crippen LogP contribution in [0.5, 0.6) is 5.75 Å². The van der Waals surface area contributed by atoms with Crippen molar-refractivity contribution >= 4 is 17.6 Å². The van der Waals surface area contributed by atoms with E-state index in [9.17, 15) is 9.59 Å². The van der Waals surface area contributed by atoms with Crippen LogP contribution in [0.25, 0.3) is 11.4 Å². The van der Waals surface area contributed by atoms with Crippen molar-refractivity contribution in [3.05, 3.63) is 59.3 Å². The van der Waals surface area contributed by atoms with E-state index in [1.807, 2.05) is 32.9 Å². The molecular formula is C22H22N6O3. The van der Waals surface area contributed by atoms with Crippen LogP contribution < -0.4 is 15.0 Å². The van der Waals surface area contributed by atoms with Crippen molar-refractivity contribution in [3.8, 4) is 17.1 Å². The van der Waals surface area contributed by atoms with Gasteiger partial charge in [-0.3, -0.25) is 19.5 Å². The number of nitrogens with one attached hydrogen (secondary N) is 1. The molecule has 1 N–H and O–H groups in total. The van der Waals surface area contributed by atoms with Crippen LogP contribution in [0.15, 0.2) is 36.8 Å². The molecule has 31 heavy (non-hydrogen) atoms. The monoisotopic (exact) mass is 418 g/mol. The first-order chi connectivity index (χ1) is 14.8. The minimum absolute atomic E-state index is 0.0225. The van der Waals surface area contributed by atoms with Crippen LogP contribution in [0.3, 0.4) is 0 Å². The molecule has 0 saturated carbocycles. The number of amides is 2. The number of fused-ring (bicyclic) bond motifs is 1. The zero-order chi connectivity index (χ0) is 22.1. The summed E-state index contributed by atoms with van der Waals surface area (Å²) < 4.78 is 5.75. The minimum Gasteiger partial charge on any atom is -0.487 e. The van der Waals surface area contributed by atoms with E-state index in [1.165, 1.54) is 4.90 Å². The largest absolute Gasteiger partial charge is 0.487 e. The zero-order valence-corrected chi connectivity index (χ0v) is 17.7. The lowest BCUT2D eigenvalue weighted by Crippen LogP contribution is -2.49. The lowest BCUT2D eigenvalue weighted by atomic mass is 10.1. The SMILES string of the molecule is Cc1ccc(-c2nc(C(=O)N[C@H]3COc4cc(C)cnc4N(C)C3=O)ncc2C)nc1. The Balaban J connectivity index is 1.56. The number of carbonyl (C=O) groups excluding carboxylic acids is 2. The summed E-state index contributed by atoms with van der Waals surface area (Å²) in [6.45, 7) is 5.66. The summed E-state index contributed by atoms with van der Waals surface area (Å²) in [5.41, 5.74) is 3.93. The Morgan fingerprint density at radius 2 is 1.87 bits per heavy atom. The van der Waals surface area contributed by atoms with Gasteiger partial charge < -0.3 is 10.1 Å². The molecule has 0 fully saturated rings. The Bertz CT molecular complexity index is 1160. The van der Waals surface area contributed by atoms with E-state index in [0.717, 1.165) is 16.7 Å². The molecule has 0 radical (unpaired) electrons. The first-order valence-electron chi connectivity index (χ1n) is 9.78. The molecule has 4 rings (SSSR count). The smallest absolute Gasteiger partial charge is 0.289 e. The van der Waals surface area contributed by atoms with Gasteiger partial charge in [0.15, 0.2) is 11.6 Å². The lowest BCUT2D eigenvalue weighted by Gasteiger charge is -2.19. The second-order valence-electron chi connectivity index (χ2n) is 7.51. The third kappa shape index (κ3) is 4.07. The number of rotatable bonds is 3. The summed E-state index contributed by atoms with van der Waals surface area (Å²) in [5, 5.41) is 2.68. The molecule has 158 valence electrons. The van der Waals surface area contributed by atoms with Crippen LogP contribution in [0.4, 0.5) is 5.82 Å². The van der Waals surface area contributed by atoms with E-state index in [-0.39, 0.29) is 18.3 Å². The molecular weight excluding hydrogens is 396 g/mol. The van der Waals surface area contributed by atoms with Gasteiger partial charge in [-0.1, -0.05) is 6.07 Å². The molecule has 0 saturated heterocycles. The predicted octanol–water partition coefficient (Wildman–Crippen LogP) is 2.01. The number of aryl methyl sites for hydroxylation is 3. The zero-order valence-electron chi connectivity index (χ0n) is 17.7. The van der Waals surface area contributed by atoms with Gasteiger partial charge in [0, 0.05) is 25.6 Å². The number of ether oxygens (including phenoxy) is 1. The number of carbonyl (C=O) groups is 2. The van der Waals surface area contributed by atoms with Crippen LogP contribution in [0.2, 0.25) is 0 Å². The number of hydrogen-bond donors (Lipinski definition) is 1. The number of hydrogen-bond acceptors (Lipinski definition) is 7. The highest BCUT2D eigenvalue weighted by Crippen LogP contribution is 2.29. The van der Waals surface area contributed by atoms with Crippen LogP contribution >= 0.6 is 0 Å². The Kier molecular flexibility index (Phi) is 5.33. The van der Waals surface area contributed by atoms with Crippen LogP contribution in [-0.2, 0) is 4.79 Å². The van der Waals surface area contributed by atoms with Crippen molar-refractivity contribution in [1.29, 1.82) is 0 Å². The predicted molar refractivity (Wildman–Crippen MR) is 114 cm³/mol. The van der Waals surface area contributed by atoms with Crippen molar-refractivity contribution in [2.75, 3.05) is 18.6 Å². The van der Waals surface area contributed by atoms with E-state index in [0.29, 0.717) is 23.0 Å². The molecule has 3 aromatic rings. The van der Waals surface area contributed by atoms with Gasteiger partial charge in [-0.2, -0.15) is 0 Å². The van der Waals surface area contributed by atoms with E-state index < -0.39 is 11.9 Å². The Morgan fingerprint density at radius 1 is 1.10 bits per heavy atom. The maximum absolute atomic E-state index is 12.9. The summed E-state index contributed by atoms with van der Waals surface area (Å²) in [7, 11) is 1.60. The highest BCUT2D eigenvalue weighted by molar-refractivity contribution is 6.01. The first kappa shape index (κ1) is 20.4. The average Bonchev–Trinajstić information content (AvgIpc) is 2.86. The van der Waals surface area contributed by atoms with Gasteiger partial charge in [-0.25, -0.2) is 15.0 Å². The molecule has 3 aromatic heterocycles. The summed E-state index contributed by atoms with van der Waals surface area (Å²) >= 11 is 0. The topological polar surface area (TPSA) is 110 Å². The van der Waals surface area contributed by atoms with E-state index >= 15 is 0 Å². The summed E-state index contributed by atoms with van der Waals surface area (Å²) in [4.78, 5) is 44.3. The summed E-state index contributed by atoms with van der Waals surface area (Å²) in [6.07, 6.45) is 4.96. The van der Waals surface area contributed by atoms with Gasteiger partial charge in [0.2, 0.25) is 5.82 Å². The van der Waals surface area contributed by atoms with Gasteiger partial charge in [0.1, 0.15) is 12.6 Å². The van der Waals surface area contributed by atoms with E-state index in [1.54, 1.807) is 31.7 Å². The highest BCUT2D eigenvalue weighted by atomic mass is 16.5. The normalized spacial score (nSPS) is 15.7. The van der Waals surface area contributed by atoms with Crippen LogP contribution in [0, 0.1) is 20.8 Å². The quantitative estimate of drug-likeness (QED) is 0.693. The third-order valence-electron chi connectivity index (χ3n) is 4.96. The molecule has 0 spiro atoms. The number of likely N-dealkylation sites (N-methyl/N-ethyl adjacent to an activating group) is 1. The van der Waals surface area contributed by atoms with Crippen molar-refractivity contribution in [1.82, 2.24) is 25.3 Å². The minimum atomic E-state index is -0.905. The summed E-state index contributed by atoms with van der Waals surface area (Å²) in [5.74, 6) is -0.0532. The fourth-order valence-electron chi connectivity index (χ4n) is 3.22. The van der Waals surface area contributed by atoms with Gasteiger partial charge in [0.25, 0.3) is 11.8 Å². The molecule has 1 atom stereocenters. The van der Waals surface area contributed by atoms with Crippen molar-refractivity contribution < 1.29 is 14.3 Å². The van der Waals surface area contributed by atoms with Crippen LogP contribution in [-0.4, -0.2) is 51.4 Å². The molecule has 4 heterocycles. The van der Waals surface area contributed by atoms with Gasteiger partial charge in [0.05, 0.1) is 11.4 Å². The van der Waals surface area contributed by atoms with Crippen molar-refractivity contribution in [2.45, 2.75) is 26.8 Å². The second-order valence-corrected chi connectivity index (χ2v) is 7.51. The highest BCUT2D eigenvalue weighted by Gasteiger charge is 2.32. The van der Waals surface area contributed by atoms with Crippen molar-refractivity contribution in [2.24, 2.45) is 0 Å². The Hall–Kier alpha value is -3.88. The van der Waals surface area contributed by atoms with Gasteiger partial charge in [-0.15, -0.1) is 0 Å². The Morgan fingerprint density at radius 3 is 2.61 bits per heavy atom. The molecule has 0 aromatic carbocycles.